The van der Waals surface area contributed by atoms with Crippen molar-refractivity contribution in [3.63, 3.8) is 0 Å². The Morgan fingerprint density at radius 3 is 2.86 bits per heavy atom. The maximum Gasteiger partial charge on any atom is 0.270 e. The average molecular weight is 411 g/mol. The number of allylic oxidation sites excluding steroid dienone is 1. The standard InChI is InChI=1S/C19H13N3O4S2/c1-10-2-3-11(22(24)25)8-13(10)14-5-4-12(26-14)9-15-17(23)16(18(20)28-15)19-21-6-7-27-19/h2-9,16,20H,1H3/b15-9-,20-18?/t16-/m1/s1. The van der Waals surface area contributed by atoms with Gasteiger partial charge in [-0.05, 0) is 30.7 Å². The molecule has 1 aliphatic heterocycles. The first-order valence-corrected chi connectivity index (χ1v) is 9.90. The zero-order chi connectivity index (χ0) is 19.8. The van der Waals surface area contributed by atoms with Crippen molar-refractivity contribution in [3.8, 4) is 11.3 Å². The summed E-state index contributed by atoms with van der Waals surface area (Å²) in [6, 6.07) is 8.00. The van der Waals surface area contributed by atoms with Gasteiger partial charge in [0.15, 0.2) is 5.78 Å². The number of ketones is 1. The molecule has 0 aliphatic carbocycles. The van der Waals surface area contributed by atoms with Crippen LogP contribution in [-0.2, 0) is 4.79 Å². The summed E-state index contributed by atoms with van der Waals surface area (Å²) in [5.74, 6) is 0.110. The molecule has 0 saturated carbocycles. The van der Waals surface area contributed by atoms with Gasteiger partial charge in [0.1, 0.15) is 22.4 Å². The molecule has 1 N–H and O–H groups in total. The molecule has 0 spiro atoms. The first-order valence-electron chi connectivity index (χ1n) is 8.21. The van der Waals surface area contributed by atoms with Gasteiger partial charge < -0.3 is 4.42 Å². The number of carbonyl (C=O) groups excluding carboxylic acids is 1. The Labute approximate surface area is 167 Å². The van der Waals surface area contributed by atoms with Gasteiger partial charge in [-0.3, -0.25) is 20.3 Å². The van der Waals surface area contributed by atoms with E-state index in [4.69, 9.17) is 9.83 Å². The number of thiazole rings is 1. The van der Waals surface area contributed by atoms with Gasteiger partial charge in [-0.25, -0.2) is 4.98 Å². The van der Waals surface area contributed by atoms with Gasteiger partial charge in [-0.1, -0.05) is 17.8 Å². The van der Waals surface area contributed by atoms with Crippen LogP contribution in [0.15, 0.2) is 51.2 Å². The maximum atomic E-state index is 12.7. The first-order chi connectivity index (χ1) is 13.4. The number of carbonyl (C=O) groups is 1. The Morgan fingerprint density at radius 2 is 2.14 bits per heavy atom. The van der Waals surface area contributed by atoms with Crippen LogP contribution in [0.1, 0.15) is 22.2 Å². The minimum atomic E-state index is -0.648. The fourth-order valence-electron chi connectivity index (χ4n) is 2.88. The summed E-state index contributed by atoms with van der Waals surface area (Å²) in [5.41, 5.74) is 1.45. The molecule has 140 valence electrons. The normalized spacial score (nSPS) is 18.2. The molecule has 1 aromatic carbocycles. The number of rotatable bonds is 4. The second-order valence-corrected chi connectivity index (χ2v) is 8.11. The molecule has 4 rings (SSSR count). The van der Waals surface area contributed by atoms with Gasteiger partial charge in [0.2, 0.25) is 0 Å². The van der Waals surface area contributed by atoms with E-state index in [0.717, 1.165) is 17.3 Å². The number of nitro groups is 1. The van der Waals surface area contributed by atoms with E-state index in [1.54, 1.807) is 35.9 Å². The lowest BCUT2D eigenvalue weighted by molar-refractivity contribution is -0.384. The number of thioether (sulfide) groups is 1. The molecule has 1 saturated heterocycles. The number of benzene rings is 1. The van der Waals surface area contributed by atoms with Crippen LogP contribution in [0.2, 0.25) is 0 Å². The van der Waals surface area contributed by atoms with Crippen molar-refractivity contribution in [3.05, 3.63) is 73.3 Å². The number of hydrogen-bond acceptors (Lipinski definition) is 8. The number of Topliss-reactive ketones (excluding diaryl/α,β-unsaturated/α-hetero) is 1. The molecule has 1 aliphatic rings. The third-order valence-electron chi connectivity index (χ3n) is 4.28. The molecule has 1 fully saturated rings. The number of nitro benzene ring substituents is 1. The number of nitrogens with one attached hydrogen (secondary N) is 1. The number of nitrogens with zero attached hydrogens (tertiary/aromatic N) is 2. The number of aromatic nitrogens is 1. The van der Waals surface area contributed by atoms with Crippen LogP contribution in [0.4, 0.5) is 5.69 Å². The number of hydrogen-bond donors (Lipinski definition) is 1. The van der Waals surface area contributed by atoms with E-state index in [2.05, 4.69) is 4.98 Å². The van der Waals surface area contributed by atoms with Crippen LogP contribution in [0, 0.1) is 22.4 Å². The quantitative estimate of drug-likeness (QED) is 0.366. The highest BCUT2D eigenvalue weighted by Crippen LogP contribution is 2.41. The monoisotopic (exact) mass is 411 g/mol. The Bertz CT molecular complexity index is 1130. The van der Waals surface area contributed by atoms with Crippen LogP contribution in [0.3, 0.4) is 0 Å². The second kappa shape index (κ2) is 7.17. The lowest BCUT2D eigenvalue weighted by atomic mass is 10.1. The third kappa shape index (κ3) is 3.30. The van der Waals surface area contributed by atoms with Crippen molar-refractivity contribution in [2.75, 3.05) is 0 Å². The summed E-state index contributed by atoms with van der Waals surface area (Å²) in [6.07, 6.45) is 3.22. The van der Waals surface area contributed by atoms with E-state index in [-0.39, 0.29) is 16.5 Å². The van der Waals surface area contributed by atoms with Gasteiger partial charge in [-0.2, -0.15) is 0 Å². The average Bonchev–Trinajstić information content (AvgIpc) is 3.38. The number of non-ortho nitro benzene ring substituents is 1. The summed E-state index contributed by atoms with van der Waals surface area (Å²) >= 11 is 2.45. The largest absolute Gasteiger partial charge is 0.457 e. The molecule has 0 radical (unpaired) electrons. The highest BCUT2D eigenvalue weighted by molar-refractivity contribution is 8.19. The van der Waals surface area contributed by atoms with Crippen molar-refractivity contribution in [1.29, 1.82) is 5.41 Å². The SMILES string of the molecule is Cc1ccc([N+](=O)[O-])cc1-c1ccc(/C=C2\SC(=N)[C@H](c3nccs3)C2=O)o1. The van der Waals surface area contributed by atoms with Crippen molar-refractivity contribution in [2.45, 2.75) is 12.8 Å². The van der Waals surface area contributed by atoms with E-state index < -0.39 is 10.8 Å². The minimum Gasteiger partial charge on any atom is -0.457 e. The summed E-state index contributed by atoms with van der Waals surface area (Å²) in [5, 5.41) is 21.8. The smallest absolute Gasteiger partial charge is 0.270 e. The Morgan fingerprint density at radius 1 is 1.32 bits per heavy atom. The van der Waals surface area contributed by atoms with Gasteiger partial charge in [0, 0.05) is 29.3 Å². The molecule has 0 bridgehead atoms. The van der Waals surface area contributed by atoms with Crippen LogP contribution in [0.5, 0.6) is 0 Å². The molecule has 2 aromatic heterocycles. The Balaban J connectivity index is 1.64. The topological polar surface area (TPSA) is 110 Å². The van der Waals surface area contributed by atoms with E-state index in [1.165, 1.54) is 23.5 Å². The van der Waals surface area contributed by atoms with Crippen molar-refractivity contribution >= 4 is 45.7 Å². The van der Waals surface area contributed by atoms with Gasteiger partial charge in [0.25, 0.3) is 5.69 Å². The molecule has 0 unspecified atom stereocenters. The molecule has 0 amide bonds. The highest BCUT2D eigenvalue weighted by Gasteiger charge is 2.38. The van der Waals surface area contributed by atoms with E-state index in [0.29, 0.717) is 27.0 Å². The molecular weight excluding hydrogens is 398 g/mol. The first kappa shape index (κ1) is 18.3. The summed E-state index contributed by atoms with van der Waals surface area (Å²) in [4.78, 5) is 27.8. The van der Waals surface area contributed by atoms with Gasteiger partial charge in [-0.15, -0.1) is 11.3 Å². The fraction of sp³-hybridized carbons (Fsp3) is 0.105. The fourth-order valence-corrected chi connectivity index (χ4v) is 4.67. The molecule has 7 nitrogen and oxygen atoms in total. The zero-order valence-corrected chi connectivity index (χ0v) is 16.2. The minimum absolute atomic E-state index is 0.0156. The van der Waals surface area contributed by atoms with E-state index >= 15 is 0 Å². The highest BCUT2D eigenvalue weighted by atomic mass is 32.2. The zero-order valence-electron chi connectivity index (χ0n) is 14.5. The van der Waals surface area contributed by atoms with Crippen LogP contribution in [0.25, 0.3) is 17.4 Å². The van der Waals surface area contributed by atoms with E-state index in [9.17, 15) is 14.9 Å². The molecule has 3 heterocycles. The summed E-state index contributed by atoms with van der Waals surface area (Å²) in [7, 11) is 0. The predicted octanol–water partition coefficient (Wildman–Crippen LogP) is 5.04. The summed E-state index contributed by atoms with van der Waals surface area (Å²) < 4.78 is 5.81. The van der Waals surface area contributed by atoms with Gasteiger partial charge >= 0.3 is 0 Å². The molecule has 1 atom stereocenters. The second-order valence-electron chi connectivity index (χ2n) is 6.10. The third-order valence-corrected chi connectivity index (χ3v) is 6.12. The van der Waals surface area contributed by atoms with E-state index in [1.807, 2.05) is 6.92 Å². The predicted molar refractivity (Wildman–Crippen MR) is 109 cm³/mol. The van der Waals surface area contributed by atoms with Crippen molar-refractivity contribution in [1.82, 2.24) is 4.98 Å². The summed E-state index contributed by atoms with van der Waals surface area (Å²) in [6.45, 7) is 1.84. The van der Waals surface area contributed by atoms with Crippen LogP contribution in [-0.4, -0.2) is 20.7 Å². The lowest BCUT2D eigenvalue weighted by Gasteiger charge is -2.02. The molecule has 28 heavy (non-hydrogen) atoms. The lowest BCUT2D eigenvalue weighted by Crippen LogP contribution is -2.11. The number of aryl methyl sites for hydroxylation is 1. The molecule has 3 aromatic rings. The Kier molecular flexibility index (Phi) is 4.70. The number of furan rings is 1. The van der Waals surface area contributed by atoms with Crippen LogP contribution < -0.4 is 0 Å². The van der Waals surface area contributed by atoms with Gasteiger partial charge in [0.05, 0.1) is 14.9 Å². The maximum absolute atomic E-state index is 12.7. The Hall–Kier alpha value is -3.04. The molecule has 9 heteroatoms. The van der Waals surface area contributed by atoms with Crippen molar-refractivity contribution < 1.29 is 14.1 Å². The molecular formula is C19H13N3O4S2. The van der Waals surface area contributed by atoms with Crippen molar-refractivity contribution in [2.24, 2.45) is 0 Å². The van der Waals surface area contributed by atoms with Crippen LogP contribution >= 0.6 is 23.1 Å².